The Morgan fingerprint density at radius 3 is 2.56 bits per heavy atom. The number of ether oxygens (including phenoxy) is 1. The monoisotopic (exact) mass is 278 g/mol. The van der Waals surface area contributed by atoms with Crippen molar-refractivity contribution in [2.45, 2.75) is 19.8 Å². The molecule has 0 bridgehead atoms. The fourth-order valence-electron chi connectivity index (χ4n) is 1.93. The quantitative estimate of drug-likeness (QED) is 0.607. The third kappa shape index (κ3) is 7.31. The molecule has 0 aliphatic carbocycles. The molecular formula is C12H26N2O3S. The van der Waals surface area contributed by atoms with Crippen molar-refractivity contribution in [2.75, 3.05) is 57.4 Å². The van der Waals surface area contributed by atoms with Crippen molar-refractivity contribution in [2.24, 2.45) is 0 Å². The summed E-state index contributed by atoms with van der Waals surface area (Å²) in [6.45, 7) is 7.93. The predicted molar refractivity (Wildman–Crippen MR) is 73.7 cm³/mol. The van der Waals surface area contributed by atoms with Crippen LogP contribution in [0.25, 0.3) is 0 Å². The maximum Gasteiger partial charge on any atom is 0.152 e. The van der Waals surface area contributed by atoms with Gasteiger partial charge in [-0.2, -0.15) is 0 Å². The van der Waals surface area contributed by atoms with Crippen molar-refractivity contribution < 1.29 is 13.2 Å². The van der Waals surface area contributed by atoms with E-state index in [2.05, 4.69) is 10.2 Å². The van der Waals surface area contributed by atoms with E-state index in [1.54, 1.807) is 0 Å². The van der Waals surface area contributed by atoms with E-state index in [0.717, 1.165) is 45.7 Å². The molecule has 0 aromatic rings. The van der Waals surface area contributed by atoms with Crippen LogP contribution in [-0.4, -0.2) is 70.8 Å². The minimum atomic E-state index is -2.74. The molecule has 1 saturated heterocycles. The van der Waals surface area contributed by atoms with Crippen LogP contribution in [0.1, 0.15) is 19.8 Å². The number of hydrogen-bond donors (Lipinski definition) is 1. The molecule has 1 rings (SSSR count). The van der Waals surface area contributed by atoms with E-state index in [0.29, 0.717) is 24.6 Å². The second-order valence-corrected chi connectivity index (χ2v) is 6.95. The van der Waals surface area contributed by atoms with Crippen LogP contribution in [0.4, 0.5) is 0 Å². The molecule has 0 unspecified atom stereocenters. The third-order valence-corrected chi connectivity index (χ3v) is 4.75. The molecule has 1 aliphatic rings. The number of rotatable bonds is 9. The van der Waals surface area contributed by atoms with Crippen molar-refractivity contribution in [1.29, 1.82) is 0 Å². The molecule has 0 aromatic heterocycles. The minimum absolute atomic E-state index is 0.321. The smallest absolute Gasteiger partial charge is 0.152 e. The van der Waals surface area contributed by atoms with Crippen molar-refractivity contribution in [3.63, 3.8) is 0 Å². The van der Waals surface area contributed by atoms with Crippen molar-refractivity contribution in [1.82, 2.24) is 10.2 Å². The van der Waals surface area contributed by atoms with Gasteiger partial charge in [0.2, 0.25) is 0 Å². The summed E-state index contributed by atoms with van der Waals surface area (Å²) < 4.78 is 27.7. The molecule has 0 radical (unpaired) electrons. The Morgan fingerprint density at radius 2 is 1.89 bits per heavy atom. The summed E-state index contributed by atoms with van der Waals surface area (Å²) in [5.41, 5.74) is 0. The van der Waals surface area contributed by atoms with Crippen molar-refractivity contribution in [3.8, 4) is 0 Å². The lowest BCUT2D eigenvalue weighted by molar-refractivity contribution is 0.143. The third-order valence-electron chi connectivity index (χ3n) is 3.14. The first kappa shape index (κ1) is 15.9. The number of unbranched alkanes of at least 4 members (excludes halogenated alkanes) is 1. The van der Waals surface area contributed by atoms with Gasteiger partial charge in [-0.15, -0.1) is 0 Å². The molecule has 18 heavy (non-hydrogen) atoms. The largest absolute Gasteiger partial charge is 0.382 e. The highest BCUT2D eigenvalue weighted by Gasteiger charge is 2.20. The van der Waals surface area contributed by atoms with Crippen molar-refractivity contribution in [3.05, 3.63) is 0 Å². The Morgan fingerprint density at radius 1 is 1.17 bits per heavy atom. The zero-order valence-electron chi connectivity index (χ0n) is 11.4. The number of nitrogens with one attached hydrogen (secondary N) is 1. The molecule has 0 aromatic carbocycles. The second kappa shape index (κ2) is 8.85. The highest BCUT2D eigenvalue weighted by molar-refractivity contribution is 7.91. The molecule has 1 aliphatic heterocycles. The van der Waals surface area contributed by atoms with Gasteiger partial charge in [-0.1, -0.05) is 0 Å². The number of nitrogens with zero attached hydrogens (tertiary/aromatic N) is 1. The maximum absolute atomic E-state index is 11.2. The van der Waals surface area contributed by atoms with Gasteiger partial charge in [0, 0.05) is 39.4 Å². The maximum atomic E-state index is 11.2. The van der Waals surface area contributed by atoms with Crippen LogP contribution >= 0.6 is 0 Å². The summed E-state index contributed by atoms with van der Waals surface area (Å²) in [7, 11) is -2.74. The van der Waals surface area contributed by atoms with Crippen LogP contribution in [0.15, 0.2) is 0 Å². The van der Waals surface area contributed by atoms with E-state index >= 15 is 0 Å². The van der Waals surface area contributed by atoms with Gasteiger partial charge in [0.15, 0.2) is 9.84 Å². The average Bonchev–Trinajstić information content (AvgIpc) is 2.34. The van der Waals surface area contributed by atoms with Gasteiger partial charge in [0.05, 0.1) is 11.5 Å². The lowest BCUT2D eigenvalue weighted by Gasteiger charge is -2.26. The summed E-state index contributed by atoms with van der Waals surface area (Å²) in [6.07, 6.45) is 2.23. The Bertz CT molecular complexity index is 292. The Labute approximate surface area is 111 Å². The van der Waals surface area contributed by atoms with Gasteiger partial charge in [0.1, 0.15) is 0 Å². The van der Waals surface area contributed by atoms with E-state index in [1.165, 1.54) is 0 Å². The van der Waals surface area contributed by atoms with E-state index in [-0.39, 0.29) is 0 Å². The van der Waals surface area contributed by atoms with Crippen LogP contribution in [0.5, 0.6) is 0 Å². The zero-order valence-corrected chi connectivity index (χ0v) is 12.2. The van der Waals surface area contributed by atoms with Crippen LogP contribution < -0.4 is 5.32 Å². The average molecular weight is 278 g/mol. The number of sulfone groups is 1. The van der Waals surface area contributed by atoms with Gasteiger partial charge >= 0.3 is 0 Å². The van der Waals surface area contributed by atoms with Gasteiger partial charge in [-0.25, -0.2) is 8.42 Å². The SMILES string of the molecule is CCOCCCCNCCN1CCS(=O)(=O)CC1. The van der Waals surface area contributed by atoms with E-state index in [1.807, 2.05) is 6.92 Å². The lowest BCUT2D eigenvalue weighted by Crippen LogP contribution is -2.43. The molecule has 5 nitrogen and oxygen atoms in total. The van der Waals surface area contributed by atoms with Crippen LogP contribution in [0.2, 0.25) is 0 Å². The van der Waals surface area contributed by atoms with E-state index in [4.69, 9.17) is 4.74 Å². The Hall–Kier alpha value is -0.170. The fraction of sp³-hybridized carbons (Fsp3) is 1.00. The molecule has 108 valence electrons. The summed E-state index contributed by atoms with van der Waals surface area (Å²) in [6, 6.07) is 0. The van der Waals surface area contributed by atoms with Crippen LogP contribution in [0.3, 0.4) is 0 Å². The first-order valence-electron chi connectivity index (χ1n) is 6.85. The highest BCUT2D eigenvalue weighted by atomic mass is 32.2. The molecule has 0 saturated carbocycles. The molecule has 0 spiro atoms. The summed E-state index contributed by atoms with van der Waals surface area (Å²) >= 11 is 0. The highest BCUT2D eigenvalue weighted by Crippen LogP contribution is 2.02. The topological polar surface area (TPSA) is 58.6 Å². The minimum Gasteiger partial charge on any atom is -0.382 e. The molecular weight excluding hydrogens is 252 g/mol. The lowest BCUT2D eigenvalue weighted by atomic mass is 10.3. The summed E-state index contributed by atoms with van der Waals surface area (Å²) in [5.74, 6) is 0.642. The van der Waals surface area contributed by atoms with Gasteiger partial charge in [0.25, 0.3) is 0 Å². The van der Waals surface area contributed by atoms with E-state index < -0.39 is 9.84 Å². The van der Waals surface area contributed by atoms with Gasteiger partial charge in [-0.3, -0.25) is 0 Å². The standard InChI is InChI=1S/C12H26N2O3S/c1-2-17-10-4-3-5-13-6-7-14-8-11-18(15,16)12-9-14/h13H,2-12H2,1H3. The first-order chi connectivity index (χ1) is 8.64. The Balaban J connectivity index is 1.90. The molecule has 6 heteroatoms. The normalized spacial score (nSPS) is 20.1. The fourth-order valence-corrected chi connectivity index (χ4v) is 3.21. The first-order valence-corrected chi connectivity index (χ1v) is 8.67. The molecule has 0 amide bonds. The van der Waals surface area contributed by atoms with Gasteiger partial charge < -0.3 is 15.0 Å². The Kier molecular flexibility index (Phi) is 7.81. The summed E-state index contributed by atoms with van der Waals surface area (Å²) in [5, 5.41) is 3.38. The molecule has 1 fully saturated rings. The van der Waals surface area contributed by atoms with Crippen molar-refractivity contribution >= 4 is 9.84 Å². The molecule has 1 heterocycles. The van der Waals surface area contributed by atoms with Crippen LogP contribution in [0, 0.1) is 0 Å². The van der Waals surface area contributed by atoms with Gasteiger partial charge in [-0.05, 0) is 26.3 Å². The molecule has 1 N–H and O–H groups in total. The molecule has 0 atom stereocenters. The summed E-state index contributed by atoms with van der Waals surface area (Å²) in [4.78, 5) is 2.22. The van der Waals surface area contributed by atoms with E-state index in [9.17, 15) is 8.42 Å². The predicted octanol–water partition coefficient (Wildman–Crippen LogP) is 0.123. The number of hydrogen-bond acceptors (Lipinski definition) is 5. The zero-order chi connectivity index (χ0) is 13.3. The van der Waals surface area contributed by atoms with Crippen LogP contribution in [-0.2, 0) is 14.6 Å². The second-order valence-electron chi connectivity index (χ2n) is 4.65.